The Morgan fingerprint density at radius 2 is 0.557 bits per heavy atom. The molecule has 0 saturated heterocycles. The molecule has 0 aliphatic heterocycles. The summed E-state index contributed by atoms with van der Waals surface area (Å²) in [5.41, 5.74) is 23.7. The minimum Gasteiger partial charge on any atom is -0.309 e. The van der Waals surface area contributed by atoms with Crippen molar-refractivity contribution in [3.05, 3.63) is 429 Å². The lowest BCUT2D eigenvalue weighted by molar-refractivity contribution is 0.444. The highest BCUT2D eigenvalue weighted by Crippen LogP contribution is 2.46. The normalized spacial score (nSPS) is 13.4. The zero-order chi connectivity index (χ0) is 93.5. The largest absolute Gasteiger partial charge is 0.309 e. The molecule has 13 aromatic heterocycles. The van der Waals surface area contributed by atoms with Crippen LogP contribution in [0, 0.1) is 34.9 Å². The van der Waals surface area contributed by atoms with Crippen molar-refractivity contribution in [3.8, 4) is 56.3 Å². The monoisotopic (exact) mass is 1830 g/mol. The molecule has 29 rings (SSSR count). The molecule has 0 amide bonds. The Bertz CT molecular complexity index is 9390. The van der Waals surface area contributed by atoms with Crippen LogP contribution in [0.1, 0.15) is 87.2 Å². The first-order chi connectivity index (χ1) is 69.0. The number of hydrogen-bond donors (Lipinski definition) is 0. The molecule has 2 aliphatic rings. The van der Waals surface area contributed by atoms with Crippen LogP contribution in [0.4, 0.5) is 26.3 Å². The number of pyridine rings is 5. The molecule has 140 heavy (non-hydrogen) atoms. The Hall–Kier alpha value is -17.2. The van der Waals surface area contributed by atoms with Gasteiger partial charge in [0.2, 0.25) is 0 Å². The molecule has 13 heterocycles. The number of fused-ring (bicyclic) bond motifs is 24. The van der Waals surface area contributed by atoms with Crippen molar-refractivity contribution < 1.29 is 26.3 Å². The van der Waals surface area contributed by atoms with E-state index in [2.05, 4.69) is 223 Å². The van der Waals surface area contributed by atoms with Crippen LogP contribution in [0.2, 0.25) is 0 Å². The number of para-hydroxylation sites is 8. The van der Waals surface area contributed by atoms with E-state index in [-0.39, 0.29) is 17.2 Å². The number of hydrogen-bond acceptors (Lipinski definition) is 5. The number of benzene rings is 14. The summed E-state index contributed by atoms with van der Waals surface area (Å²) in [4.78, 5) is 4.82. The second-order valence-corrected chi connectivity index (χ2v) is 36.8. The van der Waals surface area contributed by atoms with Crippen LogP contribution in [0.25, 0.3) is 209 Å². The van der Waals surface area contributed by atoms with Crippen LogP contribution in [0.15, 0.2) is 383 Å². The molecule has 676 valence electrons. The summed E-state index contributed by atoms with van der Waals surface area (Å²) in [6.45, 7) is 0. The topological polar surface area (TPSA) is 102 Å². The van der Waals surface area contributed by atoms with Crippen molar-refractivity contribution in [3.63, 3.8) is 0 Å². The molecule has 0 spiro atoms. The van der Waals surface area contributed by atoms with Gasteiger partial charge in [-0.1, -0.05) is 239 Å². The zero-order valence-electron chi connectivity index (χ0n) is 75.7. The molecular weight excluding hydrogens is 1750 g/mol. The molecule has 0 radical (unpaired) electrons. The lowest BCUT2D eigenvalue weighted by Gasteiger charge is -2.22. The summed E-state index contributed by atoms with van der Waals surface area (Å²) in [7, 11) is 0. The van der Waals surface area contributed by atoms with Gasteiger partial charge in [-0.2, -0.15) is 20.4 Å². The van der Waals surface area contributed by atoms with Crippen molar-refractivity contribution in [1.29, 1.82) is 0 Å². The maximum Gasteiger partial charge on any atom is 0.186 e. The maximum absolute atomic E-state index is 15.7. The average Bonchev–Trinajstić information content (AvgIpc) is 1.57. The predicted molar refractivity (Wildman–Crippen MR) is 554 cm³/mol. The number of aromatic nitrogens is 13. The lowest BCUT2D eigenvalue weighted by atomic mass is 9.83. The van der Waals surface area contributed by atoms with Gasteiger partial charge in [0, 0.05) is 93.2 Å². The van der Waals surface area contributed by atoms with Crippen LogP contribution in [-0.4, -0.2) is 61.7 Å². The van der Waals surface area contributed by atoms with E-state index in [9.17, 15) is 8.78 Å². The molecule has 13 nitrogen and oxygen atoms in total. The fraction of sp³-hybridized carbons (Fsp3) is 0.0992. The maximum atomic E-state index is 15.7. The lowest BCUT2D eigenvalue weighted by Crippen LogP contribution is -2.09. The van der Waals surface area contributed by atoms with Crippen LogP contribution < -0.4 is 0 Å². The van der Waals surface area contributed by atoms with Gasteiger partial charge in [-0.3, -0.25) is 4.98 Å². The molecule has 2 fully saturated rings. The van der Waals surface area contributed by atoms with Crippen LogP contribution in [-0.2, 0) is 0 Å². The van der Waals surface area contributed by atoms with Gasteiger partial charge in [-0.25, -0.2) is 44.4 Å². The third-order valence-electron chi connectivity index (χ3n) is 29.1. The second kappa shape index (κ2) is 34.0. The van der Waals surface area contributed by atoms with E-state index < -0.39 is 34.5 Å². The molecular formula is C121H85F6N13. The molecule has 14 aromatic carbocycles. The van der Waals surface area contributed by atoms with E-state index in [1.165, 1.54) is 169 Å². The SMILES string of the molecule is Fc1c(F)c(-n2c3ccccc3c3ccccc32)c(F)c(F)c1-c1cnn2c1ccc1ccccc12.Fc1ccc2c(c1)c1cc(F)ccc1n2-c1cnn2c1ccc1ccccc12.c1ccc2c(c1)ccc1c(-c3ccc(-c4ccc(-n5c6ccccc6c6ccccc65)cc4)cn3)cnn12.c1ccc2c(c1)ccc1c(-n3c4ccc(C5CCCCC5)cc4c4cc(C5CCCCC5)ccc43)cnn12. The van der Waals surface area contributed by atoms with Gasteiger partial charge in [0.1, 0.15) is 17.3 Å². The van der Waals surface area contributed by atoms with Gasteiger partial charge >= 0.3 is 0 Å². The Labute approximate surface area is 797 Å². The van der Waals surface area contributed by atoms with Crippen LogP contribution in [0.5, 0.6) is 0 Å². The molecule has 0 unspecified atom stereocenters. The van der Waals surface area contributed by atoms with Crippen LogP contribution in [0.3, 0.4) is 0 Å². The summed E-state index contributed by atoms with van der Waals surface area (Å²) in [6.07, 6.45) is 22.5. The van der Waals surface area contributed by atoms with E-state index in [0.29, 0.717) is 55.4 Å². The number of halogens is 6. The highest BCUT2D eigenvalue weighted by Gasteiger charge is 2.33. The summed E-state index contributed by atoms with van der Waals surface area (Å²) >= 11 is 0. The molecule has 0 N–H and O–H groups in total. The fourth-order valence-corrected chi connectivity index (χ4v) is 22.4. The number of nitrogens with zero attached hydrogens (tertiary/aromatic N) is 13. The Kier molecular flexibility index (Phi) is 20.2. The Morgan fingerprint density at radius 3 is 0.971 bits per heavy atom. The van der Waals surface area contributed by atoms with Gasteiger partial charge in [-0.05, 0) is 206 Å². The quantitative estimate of drug-likeness (QED) is 0.106. The van der Waals surface area contributed by atoms with Gasteiger partial charge in [0.05, 0.1) is 136 Å². The van der Waals surface area contributed by atoms with E-state index in [4.69, 9.17) is 10.1 Å². The zero-order valence-corrected chi connectivity index (χ0v) is 75.7. The Morgan fingerprint density at radius 1 is 0.229 bits per heavy atom. The van der Waals surface area contributed by atoms with Crippen molar-refractivity contribution >= 4 is 153 Å². The van der Waals surface area contributed by atoms with Gasteiger partial charge in [0.15, 0.2) is 23.3 Å². The third kappa shape index (κ3) is 13.8. The minimum absolute atomic E-state index is 0.0395. The smallest absolute Gasteiger partial charge is 0.186 e. The number of rotatable bonds is 9. The van der Waals surface area contributed by atoms with E-state index in [1.807, 2.05) is 86.7 Å². The predicted octanol–water partition coefficient (Wildman–Crippen LogP) is 31.7. The first-order valence-electron chi connectivity index (χ1n) is 47.8. The van der Waals surface area contributed by atoms with Gasteiger partial charge < -0.3 is 18.3 Å². The van der Waals surface area contributed by atoms with Crippen molar-refractivity contribution in [2.45, 2.75) is 76.0 Å². The molecule has 0 bridgehead atoms. The second-order valence-electron chi connectivity index (χ2n) is 36.8. The average molecular weight is 1840 g/mol. The third-order valence-corrected chi connectivity index (χ3v) is 29.1. The standard InChI is InChI=1S/C35H35N3.C34H22N4.C29H15F4N3.C23H13F2N3/c1-3-9-24(10-4-1)27-16-18-32-29(21-27)30-22-28(25-11-5-2-6-12-25)17-19-33(30)37(32)35-23-36-38-31-14-8-7-13-26(31)15-20-34(35)38;1-4-10-31-24(7-1)16-20-34-29(22-36-38(31)34)30-19-15-25(21-35-30)23-13-17-26(18-14-23)37-32-11-5-2-8-27(32)28-9-3-6-12-33(28)37;30-25-24(19-15-34-36-20-10-4-1-7-16(20)13-14-23(19)36)26(31)28(33)29(27(25)32)35-21-11-5-2-8-17(21)18-9-3-6-12-22(18)35;24-15-6-9-20-17(11-15)18-12-16(25)7-10-21(18)27(20)23-13-26-28-19-4-2-1-3-14(19)5-8-22(23)28/h7-8,13-25H,1-6,9-12H2;1-22H;1-15H;1-13H. The van der Waals surface area contributed by atoms with Gasteiger partial charge in [0.25, 0.3) is 0 Å². The highest BCUT2D eigenvalue weighted by molar-refractivity contribution is 6.14. The van der Waals surface area contributed by atoms with E-state index in [0.717, 1.165) is 94.4 Å². The summed E-state index contributed by atoms with van der Waals surface area (Å²) in [6, 6.07) is 116. The van der Waals surface area contributed by atoms with Gasteiger partial charge in [-0.15, -0.1) is 0 Å². The molecule has 19 heteroatoms. The van der Waals surface area contributed by atoms with E-state index in [1.54, 1.807) is 85.1 Å². The molecule has 0 atom stereocenters. The highest BCUT2D eigenvalue weighted by atomic mass is 19.2. The molecule has 2 aliphatic carbocycles. The van der Waals surface area contributed by atoms with Crippen molar-refractivity contribution in [2.24, 2.45) is 0 Å². The first-order valence-corrected chi connectivity index (χ1v) is 47.8. The molecule has 2 saturated carbocycles. The van der Waals surface area contributed by atoms with Crippen LogP contribution >= 0.6 is 0 Å². The van der Waals surface area contributed by atoms with E-state index >= 15 is 17.6 Å². The summed E-state index contributed by atoms with van der Waals surface area (Å²) in [5.74, 6) is -5.19. The Balaban J connectivity index is 0.0000000966. The summed E-state index contributed by atoms with van der Waals surface area (Å²) < 4.78 is 106. The van der Waals surface area contributed by atoms with Crippen molar-refractivity contribution in [1.82, 2.24) is 61.7 Å². The molecule has 27 aromatic rings. The minimum atomic E-state index is -1.48. The summed E-state index contributed by atoms with van der Waals surface area (Å²) in [5, 5.41) is 30.9. The van der Waals surface area contributed by atoms with Crippen molar-refractivity contribution in [2.75, 3.05) is 0 Å². The fourth-order valence-electron chi connectivity index (χ4n) is 22.4. The first kappa shape index (κ1) is 83.4.